The van der Waals surface area contributed by atoms with Gasteiger partial charge in [0.25, 0.3) is 0 Å². The second kappa shape index (κ2) is 4.46. The minimum atomic E-state index is -3.54. The molecule has 7 heteroatoms. The van der Waals surface area contributed by atoms with Gasteiger partial charge in [0.2, 0.25) is 10.0 Å². The zero-order valence-corrected chi connectivity index (χ0v) is 13.0. The zero-order valence-electron chi connectivity index (χ0n) is 12.2. The number of nitrogens with two attached hydrogens (primary N) is 1. The fourth-order valence-corrected chi connectivity index (χ4v) is 6.07. The average molecular weight is 310 g/mol. The highest BCUT2D eigenvalue weighted by atomic mass is 32.2. The van der Waals surface area contributed by atoms with Gasteiger partial charge in [0.05, 0.1) is 0 Å². The normalized spacial score (nSPS) is 36.9. The first kappa shape index (κ1) is 13.6. The Morgan fingerprint density at radius 3 is 2.67 bits per heavy atom. The lowest BCUT2D eigenvalue weighted by molar-refractivity contribution is 0.456. The number of anilines is 1. The summed E-state index contributed by atoms with van der Waals surface area (Å²) in [6.07, 6.45) is 6.31. The highest BCUT2D eigenvalue weighted by Gasteiger charge is 2.65. The van der Waals surface area contributed by atoms with Crippen molar-refractivity contribution in [3.8, 4) is 0 Å². The summed E-state index contributed by atoms with van der Waals surface area (Å²) in [6, 6.07) is 0.134. The van der Waals surface area contributed by atoms with E-state index in [1.165, 1.54) is 19.3 Å². The third-order valence-electron chi connectivity index (χ3n) is 5.52. The fourth-order valence-electron chi connectivity index (χ4n) is 4.69. The van der Waals surface area contributed by atoms with Gasteiger partial charge in [0.15, 0.2) is 5.82 Å². The summed E-state index contributed by atoms with van der Waals surface area (Å²) in [5, 5.41) is 4.08. The molecule has 0 radical (unpaired) electrons. The van der Waals surface area contributed by atoms with Gasteiger partial charge in [-0.2, -0.15) is 5.10 Å². The van der Waals surface area contributed by atoms with Crippen molar-refractivity contribution < 1.29 is 8.42 Å². The van der Waals surface area contributed by atoms with Gasteiger partial charge in [-0.1, -0.05) is 6.92 Å². The molecule has 4 unspecified atom stereocenters. The molecule has 4 rings (SSSR count). The predicted molar refractivity (Wildman–Crippen MR) is 78.9 cm³/mol. The highest BCUT2D eigenvalue weighted by molar-refractivity contribution is 7.89. The number of nitrogen functional groups attached to an aromatic ring is 1. The van der Waals surface area contributed by atoms with Crippen molar-refractivity contribution in [2.45, 2.75) is 50.1 Å². The van der Waals surface area contributed by atoms with E-state index in [-0.39, 0.29) is 16.8 Å². The number of hydrogen-bond donors (Lipinski definition) is 2. The molecule has 0 aromatic carbocycles. The molecule has 3 saturated carbocycles. The summed E-state index contributed by atoms with van der Waals surface area (Å²) in [4.78, 5) is 0.133. The quantitative estimate of drug-likeness (QED) is 0.855. The maximum atomic E-state index is 12.5. The molecule has 1 heterocycles. The van der Waals surface area contributed by atoms with Crippen molar-refractivity contribution in [2.75, 3.05) is 5.73 Å². The number of hydrogen-bond acceptors (Lipinski definition) is 4. The lowest BCUT2D eigenvalue weighted by Gasteiger charge is -2.10. The molecule has 0 saturated heterocycles. The van der Waals surface area contributed by atoms with Crippen LogP contribution in [-0.4, -0.2) is 24.2 Å². The SMILES string of the molecule is CCCn1cc(S(=O)(=O)NC2C3C4CCC(C4)C23)c(N)n1. The molecule has 1 aromatic rings. The molecular formula is C14H22N4O2S. The average Bonchev–Trinajstić information content (AvgIpc) is 2.83. The second-order valence-corrected chi connectivity index (χ2v) is 8.46. The first-order valence-corrected chi connectivity index (χ1v) is 9.35. The van der Waals surface area contributed by atoms with Gasteiger partial charge in [-0.15, -0.1) is 0 Å². The van der Waals surface area contributed by atoms with Crippen molar-refractivity contribution in [3.05, 3.63) is 6.20 Å². The minimum Gasteiger partial charge on any atom is -0.381 e. The maximum Gasteiger partial charge on any atom is 0.246 e. The molecule has 0 amide bonds. The van der Waals surface area contributed by atoms with Gasteiger partial charge >= 0.3 is 0 Å². The highest BCUT2D eigenvalue weighted by Crippen LogP contribution is 2.65. The van der Waals surface area contributed by atoms with Crippen LogP contribution in [0.2, 0.25) is 0 Å². The van der Waals surface area contributed by atoms with E-state index >= 15 is 0 Å². The zero-order chi connectivity index (χ0) is 14.8. The predicted octanol–water partition coefficient (Wildman–Crippen LogP) is 1.20. The number of sulfonamides is 1. The van der Waals surface area contributed by atoms with Crippen LogP contribution in [0, 0.1) is 23.7 Å². The molecule has 3 aliphatic carbocycles. The maximum absolute atomic E-state index is 12.5. The second-order valence-electron chi connectivity index (χ2n) is 6.78. The lowest BCUT2D eigenvalue weighted by Crippen LogP contribution is -2.30. The first-order valence-electron chi connectivity index (χ1n) is 7.86. The van der Waals surface area contributed by atoms with E-state index in [0.29, 0.717) is 18.4 Å². The molecule has 6 nitrogen and oxygen atoms in total. The first-order chi connectivity index (χ1) is 10.0. The Kier molecular flexibility index (Phi) is 2.88. The summed E-state index contributed by atoms with van der Waals surface area (Å²) >= 11 is 0. The number of nitrogens with zero attached hydrogens (tertiary/aromatic N) is 2. The number of nitrogens with one attached hydrogen (secondary N) is 1. The van der Waals surface area contributed by atoms with Crippen molar-refractivity contribution in [3.63, 3.8) is 0 Å². The van der Waals surface area contributed by atoms with Crippen molar-refractivity contribution in [1.29, 1.82) is 0 Å². The monoisotopic (exact) mass is 310 g/mol. The van der Waals surface area contributed by atoms with Crippen LogP contribution < -0.4 is 10.5 Å². The number of fused-ring (bicyclic) bond motifs is 5. The minimum absolute atomic E-state index is 0.102. The smallest absolute Gasteiger partial charge is 0.246 e. The van der Waals surface area contributed by atoms with E-state index < -0.39 is 10.0 Å². The van der Waals surface area contributed by atoms with Crippen LogP contribution in [-0.2, 0) is 16.6 Å². The molecule has 3 N–H and O–H groups in total. The van der Waals surface area contributed by atoms with Crippen LogP contribution in [0.15, 0.2) is 11.1 Å². The fraction of sp³-hybridized carbons (Fsp3) is 0.786. The largest absolute Gasteiger partial charge is 0.381 e. The molecule has 21 heavy (non-hydrogen) atoms. The van der Waals surface area contributed by atoms with Gasteiger partial charge in [-0.05, 0) is 49.4 Å². The molecule has 3 aliphatic rings. The van der Waals surface area contributed by atoms with E-state index in [9.17, 15) is 8.42 Å². The van der Waals surface area contributed by atoms with Gasteiger partial charge in [-0.3, -0.25) is 4.68 Å². The van der Waals surface area contributed by atoms with E-state index in [1.807, 2.05) is 6.92 Å². The summed E-state index contributed by atoms with van der Waals surface area (Å²) in [5.74, 6) is 2.74. The topological polar surface area (TPSA) is 90.0 Å². The third kappa shape index (κ3) is 2.01. The Morgan fingerprint density at radius 1 is 1.38 bits per heavy atom. The van der Waals surface area contributed by atoms with E-state index in [2.05, 4.69) is 9.82 Å². The molecule has 2 bridgehead atoms. The molecule has 3 fully saturated rings. The summed E-state index contributed by atoms with van der Waals surface area (Å²) in [7, 11) is -3.54. The molecule has 0 aliphatic heterocycles. The Labute approximate surface area is 125 Å². The molecule has 1 aromatic heterocycles. The van der Waals surface area contributed by atoms with Gasteiger partial charge in [0, 0.05) is 18.8 Å². The molecule has 0 spiro atoms. The van der Waals surface area contributed by atoms with E-state index in [0.717, 1.165) is 18.3 Å². The van der Waals surface area contributed by atoms with Gasteiger partial charge in [0.1, 0.15) is 4.90 Å². The lowest BCUT2D eigenvalue weighted by atomic mass is 10.0. The van der Waals surface area contributed by atoms with Crippen LogP contribution in [0.25, 0.3) is 0 Å². The van der Waals surface area contributed by atoms with Crippen molar-refractivity contribution in [1.82, 2.24) is 14.5 Å². The Hall–Kier alpha value is -1.08. The van der Waals surface area contributed by atoms with E-state index in [1.54, 1.807) is 10.9 Å². The summed E-state index contributed by atoms with van der Waals surface area (Å²) in [5.41, 5.74) is 5.79. The number of rotatable bonds is 5. The third-order valence-corrected chi connectivity index (χ3v) is 7.00. The summed E-state index contributed by atoms with van der Waals surface area (Å²) in [6.45, 7) is 2.70. The van der Waals surface area contributed by atoms with Crippen molar-refractivity contribution >= 4 is 15.8 Å². The Morgan fingerprint density at radius 2 is 2.05 bits per heavy atom. The molecular weight excluding hydrogens is 288 g/mol. The Bertz CT molecular complexity index is 653. The summed E-state index contributed by atoms with van der Waals surface area (Å²) < 4.78 is 29.6. The van der Waals surface area contributed by atoms with Crippen LogP contribution in [0.1, 0.15) is 32.6 Å². The van der Waals surface area contributed by atoms with Crippen molar-refractivity contribution in [2.24, 2.45) is 23.7 Å². The molecule has 116 valence electrons. The van der Waals surface area contributed by atoms with Gasteiger partial charge < -0.3 is 5.73 Å². The van der Waals surface area contributed by atoms with Crippen LogP contribution in [0.3, 0.4) is 0 Å². The van der Waals surface area contributed by atoms with Gasteiger partial charge in [-0.25, -0.2) is 13.1 Å². The number of aromatic nitrogens is 2. The Balaban J connectivity index is 1.52. The standard InChI is InChI=1S/C14H22N4O2S/c1-2-5-18-7-10(14(15)16-18)21(19,20)17-13-11-8-3-4-9(6-8)12(11)13/h7-9,11-13,17H,2-6H2,1H3,(H2,15,16). The van der Waals surface area contributed by atoms with Crippen LogP contribution in [0.5, 0.6) is 0 Å². The molecule has 4 atom stereocenters. The van der Waals surface area contributed by atoms with E-state index in [4.69, 9.17) is 5.73 Å². The van der Waals surface area contributed by atoms with Crippen LogP contribution in [0.4, 0.5) is 5.82 Å². The number of aryl methyl sites for hydroxylation is 1. The van der Waals surface area contributed by atoms with Crippen LogP contribution >= 0.6 is 0 Å².